The molecular weight excluding hydrogens is 355 g/mol. The summed E-state index contributed by atoms with van der Waals surface area (Å²) in [5.41, 5.74) is 0.277. The first-order chi connectivity index (χ1) is 8.99. The lowest BCUT2D eigenvalue weighted by Gasteiger charge is -2.15. The summed E-state index contributed by atoms with van der Waals surface area (Å²) in [6.45, 7) is 1.84. The molecular formula is C12H13BrCl2N2O2. The second kappa shape index (κ2) is 7.82. The van der Waals surface area contributed by atoms with E-state index in [2.05, 4.69) is 26.2 Å². The first kappa shape index (κ1) is 16.4. The molecule has 0 spiro atoms. The van der Waals surface area contributed by atoms with E-state index in [0.29, 0.717) is 18.2 Å². The summed E-state index contributed by atoms with van der Waals surface area (Å²) in [4.78, 5) is 27.5. The number of halogens is 3. The topological polar surface area (TPSA) is 59.1 Å². The average molecular weight is 368 g/mol. The maximum Gasteiger partial charge on any atom is 0.253 e. The van der Waals surface area contributed by atoms with E-state index in [1.807, 2.05) is 6.92 Å². The molecule has 0 bridgehead atoms. The van der Waals surface area contributed by atoms with Crippen molar-refractivity contribution in [1.82, 2.24) is 10.3 Å². The Kier molecular flexibility index (Phi) is 6.75. The molecule has 1 atom stereocenters. The number of amides is 1. The fourth-order valence-electron chi connectivity index (χ4n) is 1.46. The number of aromatic nitrogens is 1. The van der Waals surface area contributed by atoms with Gasteiger partial charge in [-0.05, 0) is 12.5 Å². The van der Waals surface area contributed by atoms with Gasteiger partial charge in [-0.15, -0.1) is 0 Å². The molecule has 0 radical (unpaired) electrons. The maximum absolute atomic E-state index is 12.0. The largest absolute Gasteiger partial charge is 0.342 e. The summed E-state index contributed by atoms with van der Waals surface area (Å²) in [6, 6.07) is 0.924. The lowest BCUT2D eigenvalue weighted by Crippen LogP contribution is -2.40. The van der Waals surface area contributed by atoms with Crippen molar-refractivity contribution in [2.75, 3.05) is 5.33 Å². The van der Waals surface area contributed by atoms with E-state index in [0.717, 1.165) is 0 Å². The first-order valence-corrected chi connectivity index (χ1v) is 7.57. The van der Waals surface area contributed by atoms with Crippen molar-refractivity contribution in [1.29, 1.82) is 0 Å². The molecule has 0 aliphatic carbocycles. The van der Waals surface area contributed by atoms with Crippen molar-refractivity contribution in [3.8, 4) is 0 Å². The second-order valence-electron chi connectivity index (χ2n) is 3.84. The van der Waals surface area contributed by atoms with Gasteiger partial charge in [0.05, 0.1) is 16.6 Å². The second-order valence-corrected chi connectivity index (χ2v) is 5.39. The van der Waals surface area contributed by atoms with E-state index in [1.165, 1.54) is 12.3 Å². The van der Waals surface area contributed by atoms with Gasteiger partial charge in [-0.1, -0.05) is 46.1 Å². The van der Waals surface area contributed by atoms with Crippen LogP contribution in [0.3, 0.4) is 0 Å². The number of carbonyl (C=O) groups is 2. The van der Waals surface area contributed by atoms with Crippen LogP contribution in [0.5, 0.6) is 0 Å². The quantitative estimate of drug-likeness (QED) is 0.620. The minimum absolute atomic E-state index is 0.0132. The molecule has 1 heterocycles. The van der Waals surface area contributed by atoms with Gasteiger partial charge in [-0.2, -0.15) is 0 Å². The SMILES string of the molecule is CCC(NC(=O)c1cnc(Cl)c(Cl)c1)C(=O)CCBr. The van der Waals surface area contributed by atoms with Crippen LogP contribution in [0, 0.1) is 0 Å². The summed E-state index contributed by atoms with van der Waals surface area (Å²) >= 11 is 14.7. The molecule has 104 valence electrons. The molecule has 1 aromatic heterocycles. The summed E-state index contributed by atoms with van der Waals surface area (Å²) in [6.07, 6.45) is 2.23. The number of Topliss-reactive ketones (excluding diaryl/α,β-unsaturated/α-hetero) is 1. The number of carbonyl (C=O) groups excluding carboxylic acids is 2. The van der Waals surface area contributed by atoms with E-state index in [9.17, 15) is 9.59 Å². The zero-order chi connectivity index (χ0) is 14.4. The van der Waals surface area contributed by atoms with Gasteiger partial charge in [0, 0.05) is 17.9 Å². The third-order valence-electron chi connectivity index (χ3n) is 2.50. The van der Waals surface area contributed by atoms with E-state index in [4.69, 9.17) is 23.2 Å². The Hall–Kier alpha value is -0.650. The van der Waals surface area contributed by atoms with Gasteiger partial charge < -0.3 is 5.32 Å². The molecule has 0 aliphatic heterocycles. The van der Waals surface area contributed by atoms with E-state index in [1.54, 1.807) is 0 Å². The minimum atomic E-state index is -0.500. The Balaban J connectivity index is 2.77. The smallest absolute Gasteiger partial charge is 0.253 e. The molecule has 1 N–H and O–H groups in total. The summed E-state index contributed by atoms with van der Waals surface area (Å²) in [5.74, 6) is -0.401. The molecule has 0 aromatic carbocycles. The van der Waals surface area contributed by atoms with E-state index in [-0.39, 0.29) is 27.4 Å². The number of ketones is 1. The number of rotatable bonds is 6. The molecule has 19 heavy (non-hydrogen) atoms. The van der Waals surface area contributed by atoms with Crippen LogP contribution >= 0.6 is 39.1 Å². The predicted octanol–water partition coefficient (Wildman–Crippen LogP) is 3.25. The van der Waals surface area contributed by atoms with Crippen molar-refractivity contribution >= 4 is 50.8 Å². The van der Waals surface area contributed by atoms with Crippen LogP contribution in [0.1, 0.15) is 30.1 Å². The van der Waals surface area contributed by atoms with Crippen LogP contribution in [-0.4, -0.2) is 28.0 Å². The highest BCUT2D eigenvalue weighted by Crippen LogP contribution is 2.19. The molecule has 7 heteroatoms. The fraction of sp³-hybridized carbons (Fsp3) is 0.417. The van der Waals surface area contributed by atoms with Gasteiger partial charge in [0.1, 0.15) is 5.15 Å². The van der Waals surface area contributed by atoms with E-state index >= 15 is 0 Å². The molecule has 0 fully saturated rings. The monoisotopic (exact) mass is 366 g/mol. The molecule has 1 amide bonds. The summed E-state index contributed by atoms with van der Waals surface area (Å²) < 4.78 is 0. The molecule has 0 aliphatic rings. The van der Waals surface area contributed by atoms with Gasteiger partial charge in [0.2, 0.25) is 0 Å². The number of alkyl halides is 1. The Morgan fingerprint density at radius 1 is 1.47 bits per heavy atom. The minimum Gasteiger partial charge on any atom is -0.342 e. The number of pyridine rings is 1. The maximum atomic E-state index is 12.0. The fourth-order valence-corrected chi connectivity index (χ4v) is 2.13. The van der Waals surface area contributed by atoms with Crippen LogP contribution < -0.4 is 5.32 Å². The molecule has 1 unspecified atom stereocenters. The van der Waals surface area contributed by atoms with Gasteiger partial charge in [0.15, 0.2) is 5.78 Å². The normalized spacial score (nSPS) is 12.0. The number of nitrogens with one attached hydrogen (secondary N) is 1. The molecule has 4 nitrogen and oxygen atoms in total. The average Bonchev–Trinajstić information content (AvgIpc) is 2.39. The third-order valence-corrected chi connectivity index (χ3v) is 3.58. The van der Waals surface area contributed by atoms with Crippen molar-refractivity contribution < 1.29 is 9.59 Å². The van der Waals surface area contributed by atoms with Crippen molar-refractivity contribution in [3.05, 3.63) is 28.0 Å². The Morgan fingerprint density at radius 3 is 2.68 bits per heavy atom. The van der Waals surface area contributed by atoms with Crippen LogP contribution in [0.25, 0.3) is 0 Å². The van der Waals surface area contributed by atoms with Crippen LogP contribution in [0.2, 0.25) is 10.2 Å². The van der Waals surface area contributed by atoms with E-state index < -0.39 is 6.04 Å². The lowest BCUT2D eigenvalue weighted by atomic mass is 10.1. The zero-order valence-corrected chi connectivity index (χ0v) is 13.3. The van der Waals surface area contributed by atoms with Gasteiger partial charge in [-0.3, -0.25) is 9.59 Å². The van der Waals surface area contributed by atoms with Gasteiger partial charge in [0.25, 0.3) is 5.91 Å². The standard InChI is InChI=1S/C12H13BrCl2N2O2/c1-2-9(10(18)3-4-13)17-12(19)7-5-8(14)11(15)16-6-7/h5-6,9H,2-4H2,1H3,(H,17,19). The highest BCUT2D eigenvalue weighted by Gasteiger charge is 2.19. The molecule has 0 saturated heterocycles. The predicted molar refractivity (Wildman–Crippen MR) is 79.2 cm³/mol. The zero-order valence-electron chi connectivity index (χ0n) is 10.3. The molecule has 1 rings (SSSR count). The number of nitrogens with zero attached hydrogens (tertiary/aromatic N) is 1. The van der Waals surface area contributed by atoms with Gasteiger partial charge >= 0.3 is 0 Å². The van der Waals surface area contributed by atoms with Crippen LogP contribution in [0.4, 0.5) is 0 Å². The Morgan fingerprint density at radius 2 is 2.16 bits per heavy atom. The number of hydrogen-bond acceptors (Lipinski definition) is 3. The van der Waals surface area contributed by atoms with Crippen molar-refractivity contribution in [3.63, 3.8) is 0 Å². The van der Waals surface area contributed by atoms with Crippen molar-refractivity contribution in [2.45, 2.75) is 25.8 Å². The first-order valence-electron chi connectivity index (χ1n) is 5.70. The summed E-state index contributed by atoms with van der Waals surface area (Å²) in [7, 11) is 0. The Bertz CT molecular complexity index is 483. The number of hydrogen-bond donors (Lipinski definition) is 1. The van der Waals surface area contributed by atoms with Crippen LogP contribution in [-0.2, 0) is 4.79 Å². The highest BCUT2D eigenvalue weighted by atomic mass is 79.9. The van der Waals surface area contributed by atoms with Gasteiger partial charge in [-0.25, -0.2) is 4.98 Å². The summed E-state index contributed by atoms with van der Waals surface area (Å²) in [5, 5.41) is 3.58. The lowest BCUT2D eigenvalue weighted by molar-refractivity contribution is -0.120. The highest BCUT2D eigenvalue weighted by molar-refractivity contribution is 9.09. The van der Waals surface area contributed by atoms with Crippen LogP contribution in [0.15, 0.2) is 12.3 Å². The molecule has 0 saturated carbocycles. The third kappa shape index (κ3) is 4.75. The Labute approximate surface area is 130 Å². The van der Waals surface area contributed by atoms with Crippen molar-refractivity contribution in [2.24, 2.45) is 0 Å². The molecule has 1 aromatic rings.